The van der Waals surface area contributed by atoms with Crippen molar-refractivity contribution in [3.8, 4) is 0 Å². The molecule has 0 fully saturated rings. The van der Waals surface area contributed by atoms with Gasteiger partial charge in [-0.25, -0.2) is 0 Å². The van der Waals surface area contributed by atoms with Crippen LogP contribution in [0.25, 0.3) is 0 Å². The molecule has 0 aliphatic carbocycles. The topological polar surface area (TPSA) is 49.4 Å². The lowest BCUT2D eigenvalue weighted by Crippen LogP contribution is -2.49. The van der Waals surface area contributed by atoms with E-state index in [-0.39, 0.29) is 23.6 Å². The van der Waals surface area contributed by atoms with Crippen molar-refractivity contribution in [2.75, 3.05) is 5.75 Å². The van der Waals surface area contributed by atoms with Crippen LogP contribution in [0.3, 0.4) is 0 Å². The number of nitrogens with one attached hydrogen (secondary N) is 1. The van der Waals surface area contributed by atoms with Crippen LogP contribution in [0, 0.1) is 0 Å². The molecule has 4 nitrogen and oxygen atoms in total. The van der Waals surface area contributed by atoms with Gasteiger partial charge < -0.3 is 10.2 Å². The molecule has 30 heavy (non-hydrogen) atoms. The number of amides is 2. The maximum absolute atomic E-state index is 13.1. The molecule has 0 saturated heterocycles. The van der Waals surface area contributed by atoms with Crippen LogP contribution in [-0.2, 0) is 21.9 Å². The number of rotatable bonds is 9. The Kier molecular flexibility index (Phi) is 10.0. The molecule has 0 radical (unpaired) electrons. The fraction of sp³-hybridized carbons (Fsp3) is 0.364. The van der Waals surface area contributed by atoms with Crippen LogP contribution in [-0.4, -0.2) is 34.6 Å². The molecule has 2 rings (SSSR count). The van der Waals surface area contributed by atoms with Crippen LogP contribution < -0.4 is 5.32 Å². The summed E-state index contributed by atoms with van der Waals surface area (Å²) in [4.78, 5) is 27.3. The van der Waals surface area contributed by atoms with Gasteiger partial charge in [0.25, 0.3) is 0 Å². The van der Waals surface area contributed by atoms with E-state index in [4.69, 9.17) is 23.2 Å². The van der Waals surface area contributed by atoms with Crippen molar-refractivity contribution in [2.24, 2.45) is 0 Å². The minimum Gasteiger partial charge on any atom is -0.352 e. The van der Waals surface area contributed by atoms with Gasteiger partial charge in [-0.2, -0.15) is 0 Å². The Bertz CT molecular complexity index is 895. The molecule has 2 aromatic carbocycles. The van der Waals surface area contributed by atoms with Crippen molar-refractivity contribution in [2.45, 2.75) is 45.2 Å². The first-order chi connectivity index (χ1) is 14.2. The van der Waals surface area contributed by atoms with Crippen LogP contribution >= 0.6 is 50.9 Å². The van der Waals surface area contributed by atoms with Gasteiger partial charge in [0, 0.05) is 32.9 Å². The second-order valence-electron chi connectivity index (χ2n) is 7.22. The molecular weight excluding hydrogens is 507 g/mol. The number of halogens is 3. The Balaban J connectivity index is 2.09. The van der Waals surface area contributed by atoms with Gasteiger partial charge in [0.1, 0.15) is 6.04 Å². The van der Waals surface area contributed by atoms with Gasteiger partial charge in [0.15, 0.2) is 0 Å². The van der Waals surface area contributed by atoms with Crippen molar-refractivity contribution >= 4 is 62.7 Å². The maximum atomic E-state index is 13.1. The standard InChI is InChI=1S/C22H25BrCl2N2O2S/c1-14(2)26-22(29)15(3)27(11-16-5-4-6-18(23)9-16)21(28)13-30-12-17-7-8-19(24)10-20(17)25/h4-10,14-15H,11-13H2,1-3H3,(H,26,29). The predicted molar refractivity (Wildman–Crippen MR) is 130 cm³/mol. The number of nitrogens with zero attached hydrogens (tertiary/aromatic N) is 1. The third kappa shape index (κ3) is 7.80. The summed E-state index contributed by atoms with van der Waals surface area (Å²) in [7, 11) is 0. The summed E-state index contributed by atoms with van der Waals surface area (Å²) < 4.78 is 0.929. The first kappa shape index (κ1) is 25.1. The Hall–Kier alpha value is -1.21. The van der Waals surface area contributed by atoms with Crippen molar-refractivity contribution in [3.63, 3.8) is 0 Å². The van der Waals surface area contributed by atoms with E-state index >= 15 is 0 Å². The van der Waals surface area contributed by atoms with E-state index in [0.717, 1.165) is 15.6 Å². The minimum absolute atomic E-state index is 0.00388. The van der Waals surface area contributed by atoms with E-state index in [2.05, 4.69) is 21.2 Å². The fourth-order valence-electron chi connectivity index (χ4n) is 2.79. The quantitative estimate of drug-likeness (QED) is 0.436. The average Bonchev–Trinajstić information content (AvgIpc) is 2.66. The number of carbonyl (C=O) groups is 2. The van der Waals surface area contributed by atoms with Crippen LogP contribution in [0.15, 0.2) is 46.9 Å². The van der Waals surface area contributed by atoms with Gasteiger partial charge in [-0.1, -0.05) is 57.3 Å². The van der Waals surface area contributed by atoms with E-state index in [1.165, 1.54) is 11.8 Å². The predicted octanol–water partition coefficient (Wildman–Crippen LogP) is 5.93. The highest BCUT2D eigenvalue weighted by Gasteiger charge is 2.26. The summed E-state index contributed by atoms with van der Waals surface area (Å²) in [6.45, 7) is 5.91. The highest BCUT2D eigenvalue weighted by atomic mass is 79.9. The number of thioether (sulfide) groups is 1. The molecule has 8 heteroatoms. The maximum Gasteiger partial charge on any atom is 0.242 e. The zero-order valence-corrected chi connectivity index (χ0v) is 21.0. The zero-order valence-electron chi connectivity index (χ0n) is 17.1. The van der Waals surface area contributed by atoms with Gasteiger partial charge >= 0.3 is 0 Å². The lowest BCUT2D eigenvalue weighted by atomic mass is 10.1. The summed E-state index contributed by atoms with van der Waals surface area (Å²) in [5.41, 5.74) is 1.87. The number of carbonyl (C=O) groups excluding carboxylic acids is 2. The monoisotopic (exact) mass is 530 g/mol. The number of hydrogen-bond acceptors (Lipinski definition) is 3. The van der Waals surface area contributed by atoms with E-state index < -0.39 is 6.04 Å². The third-order valence-corrected chi connectivity index (χ3v) is 6.38. The Labute approximate surface area is 200 Å². The van der Waals surface area contributed by atoms with Crippen LogP contribution in [0.4, 0.5) is 0 Å². The van der Waals surface area contributed by atoms with Gasteiger partial charge in [-0.15, -0.1) is 11.8 Å². The second-order valence-corrected chi connectivity index (χ2v) is 9.96. The molecular formula is C22H25BrCl2N2O2S. The normalized spacial score (nSPS) is 12.0. The van der Waals surface area contributed by atoms with E-state index in [9.17, 15) is 9.59 Å². The van der Waals surface area contributed by atoms with Crippen LogP contribution in [0.1, 0.15) is 31.9 Å². The molecule has 1 N–H and O–H groups in total. The van der Waals surface area contributed by atoms with E-state index in [1.54, 1.807) is 24.0 Å². The summed E-state index contributed by atoms with van der Waals surface area (Å²) in [5.74, 6) is 0.557. The van der Waals surface area contributed by atoms with Crippen molar-refractivity contribution in [3.05, 3.63) is 68.1 Å². The lowest BCUT2D eigenvalue weighted by molar-refractivity contribution is -0.138. The molecule has 162 valence electrons. The Morgan fingerprint density at radius 3 is 2.50 bits per heavy atom. The van der Waals surface area contributed by atoms with Gasteiger partial charge in [0.05, 0.1) is 5.75 Å². The average molecular weight is 532 g/mol. The van der Waals surface area contributed by atoms with Gasteiger partial charge in [-0.3, -0.25) is 9.59 Å². The van der Waals surface area contributed by atoms with Gasteiger partial charge in [-0.05, 0) is 56.2 Å². The first-order valence-electron chi connectivity index (χ1n) is 9.53. The molecule has 0 saturated carbocycles. The summed E-state index contributed by atoms with van der Waals surface area (Å²) >= 11 is 17.1. The minimum atomic E-state index is -0.585. The molecule has 0 heterocycles. The summed E-state index contributed by atoms with van der Waals surface area (Å²) in [6.07, 6.45) is 0. The SMILES string of the molecule is CC(C)NC(=O)C(C)N(Cc1cccc(Br)c1)C(=O)CSCc1ccc(Cl)cc1Cl. The lowest BCUT2D eigenvalue weighted by Gasteiger charge is -2.29. The van der Waals surface area contributed by atoms with Gasteiger partial charge in [0.2, 0.25) is 11.8 Å². The highest BCUT2D eigenvalue weighted by molar-refractivity contribution is 9.10. The van der Waals surface area contributed by atoms with Crippen molar-refractivity contribution in [1.82, 2.24) is 10.2 Å². The van der Waals surface area contributed by atoms with E-state index in [0.29, 0.717) is 22.3 Å². The van der Waals surface area contributed by atoms with Crippen molar-refractivity contribution < 1.29 is 9.59 Å². The third-order valence-electron chi connectivity index (χ3n) is 4.34. The summed E-state index contributed by atoms with van der Waals surface area (Å²) in [6, 6.07) is 12.5. The molecule has 0 spiro atoms. The molecule has 1 atom stereocenters. The fourth-order valence-corrected chi connectivity index (χ4v) is 4.71. The smallest absolute Gasteiger partial charge is 0.242 e. The van der Waals surface area contributed by atoms with Crippen LogP contribution in [0.2, 0.25) is 10.0 Å². The van der Waals surface area contributed by atoms with Crippen molar-refractivity contribution in [1.29, 1.82) is 0 Å². The Morgan fingerprint density at radius 2 is 1.87 bits per heavy atom. The molecule has 2 amide bonds. The second kappa shape index (κ2) is 12.0. The Morgan fingerprint density at radius 1 is 1.13 bits per heavy atom. The molecule has 0 bridgehead atoms. The first-order valence-corrected chi connectivity index (χ1v) is 12.2. The molecule has 0 aromatic heterocycles. The highest BCUT2D eigenvalue weighted by Crippen LogP contribution is 2.25. The number of hydrogen-bond donors (Lipinski definition) is 1. The molecule has 1 unspecified atom stereocenters. The molecule has 0 aliphatic heterocycles. The molecule has 2 aromatic rings. The molecule has 0 aliphatic rings. The number of benzene rings is 2. The van der Waals surface area contributed by atoms with Crippen LogP contribution in [0.5, 0.6) is 0 Å². The van der Waals surface area contributed by atoms with E-state index in [1.807, 2.05) is 44.2 Å². The summed E-state index contributed by atoms with van der Waals surface area (Å²) in [5, 5.41) is 4.05. The zero-order chi connectivity index (χ0) is 22.3. The largest absolute Gasteiger partial charge is 0.352 e.